The van der Waals surface area contributed by atoms with E-state index in [4.69, 9.17) is 9.90 Å². The molecule has 7 nitrogen and oxygen atoms in total. The van der Waals surface area contributed by atoms with Gasteiger partial charge in [0.15, 0.2) is 0 Å². The van der Waals surface area contributed by atoms with Gasteiger partial charge in [-0.2, -0.15) is 13.2 Å². The molecule has 2 aliphatic heterocycles. The summed E-state index contributed by atoms with van der Waals surface area (Å²) in [7, 11) is 0. The predicted molar refractivity (Wildman–Crippen MR) is 105 cm³/mol. The number of nitrogens with zero attached hydrogens (tertiary/aromatic N) is 2. The maximum atomic E-state index is 12.6. The molecular weight excluding hydrogens is 417 g/mol. The van der Waals surface area contributed by atoms with Gasteiger partial charge in [-0.15, -0.1) is 0 Å². The average molecular weight is 444 g/mol. The zero-order valence-electron chi connectivity index (χ0n) is 17.1. The van der Waals surface area contributed by atoms with Crippen LogP contribution in [0.5, 0.6) is 0 Å². The van der Waals surface area contributed by atoms with E-state index in [1.807, 2.05) is 30.3 Å². The van der Waals surface area contributed by atoms with Gasteiger partial charge in [0.2, 0.25) is 5.91 Å². The lowest BCUT2D eigenvalue weighted by Crippen LogP contribution is -2.54. The maximum absolute atomic E-state index is 12.6. The number of amides is 1. The highest BCUT2D eigenvalue weighted by atomic mass is 19.4. The van der Waals surface area contributed by atoms with Crippen LogP contribution in [0, 0.1) is 0 Å². The van der Waals surface area contributed by atoms with Crippen LogP contribution in [0.15, 0.2) is 30.3 Å². The fourth-order valence-corrected chi connectivity index (χ4v) is 3.96. The number of benzene rings is 1. The van der Waals surface area contributed by atoms with Gasteiger partial charge in [0, 0.05) is 19.0 Å². The molecule has 0 aromatic heterocycles. The van der Waals surface area contributed by atoms with Gasteiger partial charge in [-0.1, -0.05) is 30.3 Å². The summed E-state index contributed by atoms with van der Waals surface area (Å²) in [6.07, 6.45) is -0.185. The molecule has 0 spiro atoms. The second-order valence-corrected chi connectivity index (χ2v) is 7.65. The van der Waals surface area contributed by atoms with Gasteiger partial charge in [0.05, 0.1) is 0 Å². The minimum atomic E-state index is -5.08. The van der Waals surface area contributed by atoms with E-state index in [1.165, 1.54) is 12.8 Å². The molecule has 2 N–H and O–H groups in total. The number of carboxylic acid groups (broad SMARTS) is 2. The van der Waals surface area contributed by atoms with Crippen molar-refractivity contribution in [2.75, 3.05) is 19.6 Å². The number of piperidine rings is 1. The molecule has 0 aliphatic carbocycles. The van der Waals surface area contributed by atoms with Crippen LogP contribution >= 0.6 is 0 Å². The smallest absolute Gasteiger partial charge is 0.480 e. The minimum absolute atomic E-state index is 0.0360. The SMILES string of the molecule is O=C(O)C(F)(F)F.O=C(O)C1CC(N2CCCC2)CCN1C(=O)CCc1ccccc1. The lowest BCUT2D eigenvalue weighted by Gasteiger charge is -2.40. The number of carbonyl (C=O) groups excluding carboxylic acids is 1. The van der Waals surface area contributed by atoms with Crippen molar-refractivity contribution in [1.82, 2.24) is 9.80 Å². The quantitative estimate of drug-likeness (QED) is 0.725. The highest BCUT2D eigenvalue weighted by molar-refractivity contribution is 5.84. The van der Waals surface area contributed by atoms with Gasteiger partial charge in [-0.3, -0.25) is 4.79 Å². The van der Waals surface area contributed by atoms with Crippen molar-refractivity contribution in [2.45, 2.75) is 56.8 Å². The molecule has 1 amide bonds. The third-order valence-electron chi connectivity index (χ3n) is 5.55. The molecular formula is C21H27F3N2O5. The van der Waals surface area contributed by atoms with Gasteiger partial charge in [-0.05, 0) is 50.8 Å². The second-order valence-electron chi connectivity index (χ2n) is 7.65. The number of carboxylic acids is 2. The average Bonchev–Trinajstić information content (AvgIpc) is 3.27. The highest BCUT2D eigenvalue weighted by Gasteiger charge is 2.39. The normalized spacial score (nSPS) is 21.8. The largest absolute Gasteiger partial charge is 0.490 e. The molecule has 10 heteroatoms. The Hall–Kier alpha value is -2.62. The van der Waals surface area contributed by atoms with Crippen molar-refractivity contribution in [3.05, 3.63) is 35.9 Å². The number of alkyl halides is 3. The molecule has 0 bridgehead atoms. The molecule has 172 valence electrons. The number of carbonyl (C=O) groups is 3. The van der Waals surface area contributed by atoms with E-state index in [-0.39, 0.29) is 5.91 Å². The number of halogens is 3. The van der Waals surface area contributed by atoms with Gasteiger partial charge < -0.3 is 20.0 Å². The Morgan fingerprint density at radius 2 is 1.58 bits per heavy atom. The number of aryl methyl sites for hydroxylation is 1. The van der Waals surface area contributed by atoms with Crippen LogP contribution < -0.4 is 0 Å². The van der Waals surface area contributed by atoms with Crippen LogP contribution in [0.3, 0.4) is 0 Å². The van der Waals surface area contributed by atoms with E-state index in [0.29, 0.717) is 31.8 Å². The van der Waals surface area contributed by atoms with Crippen molar-refractivity contribution in [2.24, 2.45) is 0 Å². The Balaban J connectivity index is 0.000000423. The summed E-state index contributed by atoms with van der Waals surface area (Å²) in [5, 5.41) is 16.7. The molecule has 31 heavy (non-hydrogen) atoms. The van der Waals surface area contributed by atoms with Crippen LogP contribution in [-0.2, 0) is 20.8 Å². The molecule has 2 fully saturated rings. The standard InChI is InChI=1S/C19H26N2O3.C2HF3O2/c22-18(9-8-15-6-2-1-3-7-15)21-13-10-16(14-17(21)19(23)24)20-11-4-5-12-20;3-2(4,5)1(6)7/h1-3,6-7,16-17H,4-5,8-14H2,(H,23,24);(H,6,7). The molecule has 0 saturated carbocycles. The van der Waals surface area contributed by atoms with Crippen molar-refractivity contribution in [1.29, 1.82) is 0 Å². The molecule has 2 atom stereocenters. The monoisotopic (exact) mass is 444 g/mol. The van der Waals surface area contributed by atoms with Crippen LogP contribution in [0.1, 0.15) is 37.7 Å². The lowest BCUT2D eigenvalue weighted by molar-refractivity contribution is -0.192. The molecule has 1 aromatic carbocycles. The first-order valence-electron chi connectivity index (χ1n) is 10.2. The topological polar surface area (TPSA) is 98.1 Å². The summed E-state index contributed by atoms with van der Waals surface area (Å²) in [4.78, 5) is 37.2. The Bertz CT molecular complexity index is 751. The summed E-state index contributed by atoms with van der Waals surface area (Å²) in [6, 6.07) is 9.51. The Kier molecular flexibility index (Phi) is 8.85. The van der Waals surface area contributed by atoms with Crippen LogP contribution in [0.2, 0.25) is 0 Å². The molecule has 2 saturated heterocycles. The van der Waals surface area contributed by atoms with E-state index in [1.54, 1.807) is 4.90 Å². The Labute approximate surface area is 178 Å². The third-order valence-corrected chi connectivity index (χ3v) is 5.55. The third kappa shape index (κ3) is 7.54. The number of hydrogen-bond acceptors (Lipinski definition) is 4. The second kappa shape index (κ2) is 11.1. The predicted octanol–water partition coefficient (Wildman–Crippen LogP) is 2.79. The van der Waals surface area contributed by atoms with Crippen LogP contribution in [-0.4, -0.2) is 75.8 Å². The maximum Gasteiger partial charge on any atom is 0.490 e. The van der Waals surface area contributed by atoms with E-state index in [2.05, 4.69) is 4.90 Å². The number of aliphatic carboxylic acids is 2. The summed E-state index contributed by atoms with van der Waals surface area (Å²) < 4.78 is 31.7. The molecule has 0 radical (unpaired) electrons. The van der Waals surface area contributed by atoms with Crippen molar-refractivity contribution in [3.8, 4) is 0 Å². The number of rotatable bonds is 5. The van der Waals surface area contributed by atoms with Crippen LogP contribution in [0.4, 0.5) is 13.2 Å². The van der Waals surface area contributed by atoms with Gasteiger partial charge in [-0.25, -0.2) is 9.59 Å². The summed E-state index contributed by atoms with van der Waals surface area (Å²) in [5.74, 6) is -3.66. The van der Waals surface area contributed by atoms with Crippen molar-refractivity contribution < 1.29 is 37.8 Å². The Morgan fingerprint density at radius 1 is 1.00 bits per heavy atom. The van der Waals surface area contributed by atoms with Gasteiger partial charge in [0.1, 0.15) is 6.04 Å². The first kappa shape index (κ1) is 24.6. The highest BCUT2D eigenvalue weighted by Crippen LogP contribution is 2.26. The van der Waals surface area contributed by atoms with Crippen molar-refractivity contribution in [3.63, 3.8) is 0 Å². The minimum Gasteiger partial charge on any atom is -0.480 e. The first-order chi connectivity index (χ1) is 14.6. The fraction of sp³-hybridized carbons (Fsp3) is 0.571. The number of hydrogen-bond donors (Lipinski definition) is 2. The zero-order valence-corrected chi connectivity index (χ0v) is 17.1. The van der Waals surface area contributed by atoms with E-state index in [9.17, 15) is 27.9 Å². The summed E-state index contributed by atoms with van der Waals surface area (Å²) in [5.41, 5.74) is 1.12. The van der Waals surface area contributed by atoms with Gasteiger partial charge >= 0.3 is 18.1 Å². The molecule has 2 aliphatic rings. The summed E-state index contributed by atoms with van der Waals surface area (Å²) >= 11 is 0. The van der Waals surface area contributed by atoms with Gasteiger partial charge in [0.25, 0.3) is 0 Å². The van der Waals surface area contributed by atoms with Crippen molar-refractivity contribution >= 4 is 17.8 Å². The molecule has 2 heterocycles. The fourth-order valence-electron chi connectivity index (χ4n) is 3.96. The summed E-state index contributed by atoms with van der Waals surface area (Å²) in [6.45, 7) is 2.70. The lowest BCUT2D eigenvalue weighted by atomic mass is 9.95. The Morgan fingerprint density at radius 3 is 2.10 bits per heavy atom. The molecule has 3 rings (SSSR count). The zero-order chi connectivity index (χ0) is 23.0. The van der Waals surface area contributed by atoms with E-state index < -0.39 is 24.2 Å². The molecule has 2 unspecified atom stereocenters. The van der Waals surface area contributed by atoms with Crippen LogP contribution in [0.25, 0.3) is 0 Å². The van der Waals surface area contributed by atoms with E-state index in [0.717, 1.165) is 25.1 Å². The first-order valence-corrected chi connectivity index (χ1v) is 10.2. The van der Waals surface area contributed by atoms with E-state index >= 15 is 0 Å². The number of likely N-dealkylation sites (tertiary alicyclic amines) is 2. The molecule has 1 aromatic rings.